The summed E-state index contributed by atoms with van der Waals surface area (Å²) in [7, 11) is 0. The number of benzene rings is 1. The number of hydrogen-bond donors (Lipinski definition) is 1. The van der Waals surface area contributed by atoms with Crippen LogP contribution >= 0.6 is 0 Å². The molecular formula is C20H25N4+. The zero-order valence-electron chi connectivity index (χ0n) is 14.1. The molecule has 0 aliphatic carbocycles. The highest BCUT2D eigenvalue weighted by molar-refractivity contribution is 5.73. The van der Waals surface area contributed by atoms with Gasteiger partial charge in [0.05, 0.1) is 17.4 Å². The monoisotopic (exact) mass is 321 g/mol. The van der Waals surface area contributed by atoms with Gasteiger partial charge in [-0.3, -0.25) is 0 Å². The van der Waals surface area contributed by atoms with Gasteiger partial charge in [0.15, 0.2) is 18.9 Å². The van der Waals surface area contributed by atoms with Crippen molar-refractivity contribution in [3.8, 4) is 0 Å². The van der Waals surface area contributed by atoms with Gasteiger partial charge in [-0.2, -0.15) is 0 Å². The van der Waals surface area contributed by atoms with Crippen molar-refractivity contribution in [3.05, 3.63) is 67.8 Å². The molecule has 1 aliphatic heterocycles. The summed E-state index contributed by atoms with van der Waals surface area (Å²) < 4.78 is 2.14. The Kier molecular flexibility index (Phi) is 5.61. The van der Waals surface area contributed by atoms with Crippen LogP contribution < -0.4 is 9.47 Å². The Hall–Kier alpha value is -2.62. The molecule has 4 nitrogen and oxygen atoms in total. The normalized spacial score (nSPS) is 14.1. The summed E-state index contributed by atoms with van der Waals surface area (Å²) in [4.78, 5) is 9.55. The summed E-state index contributed by atoms with van der Waals surface area (Å²) in [6, 6.07) is 12.3. The van der Waals surface area contributed by atoms with Crippen molar-refractivity contribution in [1.29, 1.82) is 0 Å². The predicted octanol–water partition coefficient (Wildman–Crippen LogP) is 3.71. The van der Waals surface area contributed by atoms with E-state index < -0.39 is 0 Å². The molecule has 0 atom stereocenters. The van der Waals surface area contributed by atoms with E-state index in [-0.39, 0.29) is 0 Å². The van der Waals surface area contributed by atoms with Crippen LogP contribution in [0.1, 0.15) is 19.3 Å². The molecule has 4 heteroatoms. The number of anilines is 1. The molecule has 2 aromatic heterocycles. The number of rotatable bonds is 3. The Morgan fingerprint density at radius 3 is 2.54 bits per heavy atom. The van der Waals surface area contributed by atoms with E-state index in [1.165, 1.54) is 38.0 Å². The maximum atomic E-state index is 4.06. The minimum absolute atomic E-state index is 0.889. The largest absolute Gasteiger partial charge is 0.371 e. The quantitative estimate of drug-likeness (QED) is 0.589. The molecular weight excluding hydrogens is 296 g/mol. The first-order valence-electron chi connectivity index (χ1n) is 8.60. The number of piperidine rings is 1. The maximum Gasteiger partial charge on any atom is 0.171 e. The minimum atomic E-state index is 0.889. The van der Waals surface area contributed by atoms with E-state index in [4.69, 9.17) is 0 Å². The van der Waals surface area contributed by atoms with Gasteiger partial charge in [0.25, 0.3) is 0 Å². The van der Waals surface area contributed by atoms with Crippen molar-refractivity contribution >= 4 is 16.7 Å². The molecule has 0 bridgehead atoms. The number of pyridine rings is 1. The molecule has 4 rings (SSSR count). The minimum Gasteiger partial charge on any atom is -0.371 e. The Balaban J connectivity index is 0.000000159. The van der Waals surface area contributed by atoms with Crippen LogP contribution in [0.3, 0.4) is 0 Å². The SMILES string of the molecule is C=CC[n+]1ccc(N2CCCCC2)cc1.c1ccc2[nH]cnc2c1. The summed E-state index contributed by atoms with van der Waals surface area (Å²) in [5.41, 5.74) is 3.48. The first kappa shape index (κ1) is 16.2. The lowest BCUT2D eigenvalue weighted by atomic mass is 10.1. The van der Waals surface area contributed by atoms with Gasteiger partial charge in [-0.15, -0.1) is 0 Å². The number of para-hydroxylation sites is 2. The smallest absolute Gasteiger partial charge is 0.171 e. The first-order chi connectivity index (χ1) is 11.9. The van der Waals surface area contributed by atoms with E-state index in [1.54, 1.807) is 6.33 Å². The van der Waals surface area contributed by atoms with Gasteiger partial charge in [-0.05, 0) is 37.5 Å². The van der Waals surface area contributed by atoms with Crippen LogP contribution in [0.15, 0.2) is 67.8 Å². The Morgan fingerprint density at radius 2 is 1.83 bits per heavy atom. The van der Waals surface area contributed by atoms with Gasteiger partial charge in [-0.25, -0.2) is 9.55 Å². The number of hydrogen-bond acceptors (Lipinski definition) is 2. The zero-order valence-corrected chi connectivity index (χ0v) is 14.1. The summed E-state index contributed by atoms with van der Waals surface area (Å²) in [5.74, 6) is 0. The van der Waals surface area contributed by atoms with Crippen LogP contribution in [0.5, 0.6) is 0 Å². The van der Waals surface area contributed by atoms with Crippen LogP contribution in [0.2, 0.25) is 0 Å². The molecule has 1 saturated heterocycles. The third kappa shape index (κ3) is 4.22. The average Bonchev–Trinajstić information content (AvgIpc) is 3.13. The van der Waals surface area contributed by atoms with Gasteiger partial charge >= 0.3 is 0 Å². The average molecular weight is 321 g/mol. The Morgan fingerprint density at radius 1 is 1.08 bits per heavy atom. The second-order valence-corrected chi connectivity index (χ2v) is 6.01. The van der Waals surface area contributed by atoms with Gasteiger partial charge in [0.1, 0.15) is 0 Å². The summed E-state index contributed by atoms with van der Waals surface area (Å²) in [6.45, 7) is 7.05. The fourth-order valence-corrected chi connectivity index (χ4v) is 2.96. The van der Waals surface area contributed by atoms with Crippen molar-refractivity contribution in [2.45, 2.75) is 25.8 Å². The second kappa shape index (κ2) is 8.29. The molecule has 1 N–H and O–H groups in total. The number of aromatic nitrogens is 3. The number of H-pyrrole nitrogens is 1. The molecule has 3 heterocycles. The van der Waals surface area contributed by atoms with Gasteiger partial charge < -0.3 is 9.88 Å². The maximum absolute atomic E-state index is 4.06. The number of fused-ring (bicyclic) bond motifs is 1. The van der Waals surface area contributed by atoms with Gasteiger partial charge in [0, 0.05) is 30.9 Å². The van der Waals surface area contributed by atoms with Crippen LogP contribution in [0, 0.1) is 0 Å². The van der Waals surface area contributed by atoms with E-state index in [1.807, 2.05) is 30.3 Å². The fraction of sp³-hybridized carbons (Fsp3) is 0.300. The molecule has 0 saturated carbocycles. The van der Waals surface area contributed by atoms with Crippen molar-refractivity contribution in [2.75, 3.05) is 18.0 Å². The lowest BCUT2D eigenvalue weighted by Crippen LogP contribution is -2.34. The number of allylic oxidation sites excluding steroid dienone is 1. The van der Waals surface area contributed by atoms with Crippen molar-refractivity contribution < 1.29 is 4.57 Å². The predicted molar refractivity (Wildman–Crippen MR) is 99.0 cm³/mol. The van der Waals surface area contributed by atoms with E-state index in [0.29, 0.717) is 0 Å². The highest BCUT2D eigenvalue weighted by Gasteiger charge is 2.11. The summed E-state index contributed by atoms with van der Waals surface area (Å²) >= 11 is 0. The van der Waals surface area contributed by atoms with Crippen molar-refractivity contribution in [2.24, 2.45) is 0 Å². The number of imidazole rings is 1. The third-order valence-corrected chi connectivity index (χ3v) is 4.26. The second-order valence-electron chi connectivity index (χ2n) is 6.01. The highest BCUT2D eigenvalue weighted by Crippen LogP contribution is 2.17. The van der Waals surface area contributed by atoms with E-state index >= 15 is 0 Å². The molecule has 124 valence electrons. The number of nitrogens with one attached hydrogen (secondary N) is 1. The zero-order chi connectivity index (χ0) is 16.6. The molecule has 0 radical (unpaired) electrons. The third-order valence-electron chi connectivity index (χ3n) is 4.26. The highest BCUT2D eigenvalue weighted by atomic mass is 15.1. The summed E-state index contributed by atoms with van der Waals surface area (Å²) in [5, 5.41) is 0. The van der Waals surface area contributed by atoms with Crippen LogP contribution in [0.4, 0.5) is 5.69 Å². The van der Waals surface area contributed by atoms with E-state index in [0.717, 1.165) is 17.6 Å². The van der Waals surface area contributed by atoms with E-state index in [2.05, 4.69) is 50.5 Å². The van der Waals surface area contributed by atoms with Crippen LogP contribution in [-0.4, -0.2) is 23.1 Å². The van der Waals surface area contributed by atoms with Gasteiger partial charge in [-0.1, -0.05) is 18.7 Å². The van der Waals surface area contributed by atoms with Crippen LogP contribution in [-0.2, 0) is 6.54 Å². The molecule has 1 fully saturated rings. The Bertz CT molecular complexity index is 724. The fourth-order valence-electron chi connectivity index (χ4n) is 2.96. The molecule has 0 amide bonds. The molecule has 0 spiro atoms. The Labute approximate surface area is 143 Å². The lowest BCUT2D eigenvalue weighted by Gasteiger charge is -2.28. The molecule has 1 aliphatic rings. The summed E-state index contributed by atoms with van der Waals surface area (Å²) in [6.07, 6.45) is 11.9. The molecule has 0 unspecified atom stereocenters. The number of aromatic amines is 1. The number of nitrogens with zero attached hydrogens (tertiary/aromatic N) is 3. The van der Waals surface area contributed by atoms with Gasteiger partial charge in [0.2, 0.25) is 0 Å². The molecule has 3 aromatic rings. The van der Waals surface area contributed by atoms with E-state index in [9.17, 15) is 0 Å². The standard InChI is InChI=1S/C13H19N2.C7H6N2/c1-2-8-14-11-6-13(7-12-14)15-9-4-3-5-10-15;1-2-4-7-6(3-1)8-5-9-7/h2,6-7,11-12H,1,3-5,8-10H2;1-5H,(H,8,9)/q+1;. The van der Waals surface area contributed by atoms with Crippen molar-refractivity contribution in [1.82, 2.24) is 9.97 Å². The first-order valence-corrected chi connectivity index (χ1v) is 8.60. The molecule has 1 aromatic carbocycles. The lowest BCUT2D eigenvalue weighted by molar-refractivity contribution is -0.686. The molecule has 24 heavy (non-hydrogen) atoms. The van der Waals surface area contributed by atoms with Crippen LogP contribution in [0.25, 0.3) is 11.0 Å². The van der Waals surface area contributed by atoms with Crippen molar-refractivity contribution in [3.63, 3.8) is 0 Å². The topological polar surface area (TPSA) is 35.8 Å².